The normalized spacial score (nSPS) is 16.6. The number of ether oxygens (including phenoxy) is 7. The van der Waals surface area contributed by atoms with Crippen LogP contribution in [-0.4, -0.2) is 151 Å². The molecule has 16 nitrogen and oxygen atoms in total. The van der Waals surface area contributed by atoms with Crippen molar-refractivity contribution in [3.63, 3.8) is 0 Å². The molecule has 1 spiro atoms. The van der Waals surface area contributed by atoms with Crippen molar-refractivity contribution in [1.29, 1.82) is 0 Å². The van der Waals surface area contributed by atoms with Crippen LogP contribution in [0.4, 0.5) is 0 Å². The van der Waals surface area contributed by atoms with Gasteiger partial charge in [0.1, 0.15) is 30.8 Å². The molecule has 2 N–H and O–H groups in total. The number of unbranched alkanes of at least 4 members (excludes halogenated alkanes) is 3. The Balaban J connectivity index is 0.000000279. The maximum absolute atomic E-state index is 6.38. The summed E-state index contributed by atoms with van der Waals surface area (Å²) in [6.45, 7) is 21.9. The number of nitrogens with zero attached hydrogens (tertiary/aromatic N) is 7. The molecule has 0 bridgehead atoms. The fourth-order valence-corrected chi connectivity index (χ4v) is 11.3. The molecule has 0 amide bonds. The van der Waals surface area contributed by atoms with Gasteiger partial charge in [-0.3, -0.25) is 14.9 Å². The molecule has 2 saturated heterocycles. The zero-order valence-electron chi connectivity index (χ0n) is 52.7. The summed E-state index contributed by atoms with van der Waals surface area (Å²) in [5, 5.41) is 19.5. The second-order valence-electron chi connectivity index (χ2n) is 23.7. The maximum Gasteiger partial charge on any atom is 0.162 e. The molecule has 2 aliphatic heterocycles. The number of H-pyrrole nitrogens is 2. The van der Waals surface area contributed by atoms with Gasteiger partial charge in [0, 0.05) is 87.7 Å². The Hall–Kier alpha value is -5.75. The Labute approximate surface area is 525 Å². The SMILES string of the molecule is C.C.C.CCCCN(C)Cc1ccnn1C1CCC2(CCCO2)CC1.CCCCN(C)Cc1cn[nH]c1-c1ccc(OCCCOC)c(OC2CCOCC2)c1.CCCCN(C)Cc1cn[nH]c1-c1ccc(OCCOc2cccc(C(C)C)c2)cc1. The van der Waals surface area contributed by atoms with E-state index in [0.29, 0.717) is 38.4 Å². The summed E-state index contributed by atoms with van der Waals surface area (Å²) in [6, 6.07) is 25.3. The van der Waals surface area contributed by atoms with Gasteiger partial charge in [-0.15, -0.1) is 0 Å². The smallest absolute Gasteiger partial charge is 0.162 e. The number of hydrogen-bond donors (Lipinski definition) is 2. The van der Waals surface area contributed by atoms with E-state index in [1.54, 1.807) is 7.11 Å². The van der Waals surface area contributed by atoms with Crippen LogP contribution < -0.4 is 18.9 Å². The number of aromatic nitrogens is 6. The van der Waals surface area contributed by atoms with Gasteiger partial charge in [0.25, 0.3) is 0 Å². The van der Waals surface area contributed by atoms with Crippen molar-refractivity contribution in [2.75, 3.05) is 94.1 Å². The topological polar surface area (TPSA) is 150 Å². The lowest BCUT2D eigenvalue weighted by Crippen LogP contribution is -2.35. The highest BCUT2D eigenvalue weighted by Crippen LogP contribution is 2.43. The first kappa shape index (κ1) is 73.7. The summed E-state index contributed by atoms with van der Waals surface area (Å²) in [7, 11) is 8.24. The van der Waals surface area contributed by atoms with E-state index in [4.69, 9.17) is 33.2 Å². The molecule has 3 aliphatic rings. The Bertz CT molecular complexity index is 2720. The molecule has 1 saturated carbocycles. The zero-order valence-corrected chi connectivity index (χ0v) is 52.7. The largest absolute Gasteiger partial charge is 0.490 e. The number of aromatic amines is 2. The van der Waals surface area contributed by atoms with Crippen molar-refractivity contribution in [3.05, 3.63) is 114 Å². The van der Waals surface area contributed by atoms with Crippen LogP contribution in [0.15, 0.2) is 91.4 Å². The average molecular weight is 1210 g/mol. The van der Waals surface area contributed by atoms with Gasteiger partial charge in [-0.2, -0.15) is 15.3 Å². The lowest BCUT2D eigenvalue weighted by Gasteiger charge is -2.37. The van der Waals surface area contributed by atoms with Crippen LogP contribution >= 0.6 is 0 Å². The minimum absolute atomic E-state index is 0. The Kier molecular flexibility index (Phi) is 33.9. The standard InChI is InChI=1S/C26H35N3O2.C24H37N3O4.C18H31N3O.3CH4/c1-5-6-14-29(4)19-23-18-27-28-26(23)21-10-12-24(13-11-21)30-15-16-31-25-9-7-8-22(17-25)20(2)3;1-4-5-11-27(2)18-20-17-25-26-24(20)19-7-8-22(30-13-6-12-28-3)23(16-19)31-21-9-14-29-15-10-21;1-3-4-13-20(2)15-17-8-12-19-21(17)16-6-10-18(11-7-16)9-5-14-22-18;;;/h7-13,17-18,20H,5-6,14-16,19H2,1-4H3,(H,27,28);7-8,16-17,21H,4-6,9-15,18H2,1-3H3,(H,25,26);8,12,16H,3-7,9-11,13-15H2,1-2H3;3*1H4. The van der Waals surface area contributed by atoms with Crippen molar-refractivity contribution in [3.8, 4) is 45.5 Å². The molecule has 3 aromatic carbocycles. The average Bonchev–Trinajstić information content (AvgIpc) is 4.54. The summed E-state index contributed by atoms with van der Waals surface area (Å²) < 4.78 is 43.0. The molecule has 3 fully saturated rings. The molecule has 9 rings (SSSR count). The molecule has 0 radical (unpaired) electrons. The highest BCUT2D eigenvalue weighted by Gasteiger charge is 2.39. The summed E-state index contributed by atoms with van der Waals surface area (Å²) in [5.41, 5.74) is 9.55. The lowest BCUT2D eigenvalue weighted by atomic mass is 9.80. The van der Waals surface area contributed by atoms with Crippen molar-refractivity contribution in [2.24, 2.45) is 0 Å². The first-order valence-electron chi connectivity index (χ1n) is 31.7. The Morgan fingerprint density at radius 1 is 0.621 bits per heavy atom. The fraction of sp³-hybridized carbons (Fsp3) is 0.620. The number of nitrogens with one attached hydrogen (secondary N) is 2. The number of methoxy groups -OCH3 is 1. The second kappa shape index (κ2) is 40.0. The van der Waals surface area contributed by atoms with E-state index in [9.17, 15) is 0 Å². The molecule has 16 heteroatoms. The van der Waals surface area contributed by atoms with Gasteiger partial charge in [-0.1, -0.05) is 88.3 Å². The van der Waals surface area contributed by atoms with Crippen molar-refractivity contribution < 1.29 is 33.2 Å². The van der Waals surface area contributed by atoms with Gasteiger partial charge in [-0.05, 0) is 171 Å². The summed E-state index contributed by atoms with van der Waals surface area (Å²) in [6.07, 6.45) is 23.3. The van der Waals surface area contributed by atoms with E-state index in [-0.39, 0.29) is 34.0 Å². The van der Waals surface area contributed by atoms with Gasteiger partial charge < -0.3 is 47.9 Å². The molecule has 1 aliphatic carbocycles. The Morgan fingerprint density at radius 3 is 1.80 bits per heavy atom. The minimum atomic E-state index is 0. The monoisotopic (exact) mass is 1210 g/mol. The number of rotatable bonds is 31. The molecular formula is C71H115N9O7. The second-order valence-corrected chi connectivity index (χ2v) is 23.7. The Morgan fingerprint density at radius 2 is 1.22 bits per heavy atom. The number of benzene rings is 3. The van der Waals surface area contributed by atoms with Gasteiger partial charge in [-0.25, -0.2) is 0 Å². The van der Waals surface area contributed by atoms with E-state index in [1.807, 2.05) is 48.9 Å². The maximum atomic E-state index is 6.38. The van der Waals surface area contributed by atoms with Gasteiger partial charge in [0.05, 0.1) is 60.9 Å². The molecular weight excluding hydrogens is 1090 g/mol. The highest BCUT2D eigenvalue weighted by molar-refractivity contribution is 5.67. The molecule has 5 heterocycles. The first-order valence-corrected chi connectivity index (χ1v) is 31.7. The van der Waals surface area contributed by atoms with Crippen LogP contribution in [-0.2, 0) is 33.8 Å². The molecule has 87 heavy (non-hydrogen) atoms. The fourth-order valence-electron chi connectivity index (χ4n) is 11.3. The van der Waals surface area contributed by atoms with E-state index in [1.165, 1.54) is 106 Å². The van der Waals surface area contributed by atoms with Crippen LogP contribution in [0.2, 0.25) is 0 Å². The third-order valence-electron chi connectivity index (χ3n) is 16.3. The third kappa shape index (κ3) is 23.9. The van der Waals surface area contributed by atoms with E-state index in [0.717, 1.165) is 117 Å². The summed E-state index contributed by atoms with van der Waals surface area (Å²) >= 11 is 0. The van der Waals surface area contributed by atoms with E-state index >= 15 is 0 Å². The molecule has 3 aromatic heterocycles. The van der Waals surface area contributed by atoms with Crippen LogP contribution in [0.25, 0.3) is 22.5 Å². The van der Waals surface area contributed by atoms with E-state index in [2.05, 4.69) is 143 Å². The summed E-state index contributed by atoms with van der Waals surface area (Å²) in [4.78, 5) is 7.10. The quantitative estimate of drug-likeness (QED) is 0.0398. The highest BCUT2D eigenvalue weighted by atomic mass is 16.5. The lowest BCUT2D eigenvalue weighted by molar-refractivity contribution is -0.0344. The van der Waals surface area contributed by atoms with Crippen molar-refractivity contribution >= 4 is 0 Å². The van der Waals surface area contributed by atoms with Crippen LogP contribution in [0.1, 0.15) is 188 Å². The van der Waals surface area contributed by atoms with Crippen molar-refractivity contribution in [2.45, 2.75) is 197 Å². The van der Waals surface area contributed by atoms with Gasteiger partial charge in [0.15, 0.2) is 11.5 Å². The molecule has 486 valence electrons. The van der Waals surface area contributed by atoms with Crippen LogP contribution in [0, 0.1) is 0 Å². The predicted molar refractivity (Wildman–Crippen MR) is 358 cm³/mol. The zero-order chi connectivity index (χ0) is 59.4. The van der Waals surface area contributed by atoms with Gasteiger partial charge in [0.2, 0.25) is 0 Å². The van der Waals surface area contributed by atoms with Crippen LogP contribution in [0.3, 0.4) is 0 Å². The molecule has 6 aromatic rings. The molecule has 0 atom stereocenters. The van der Waals surface area contributed by atoms with Gasteiger partial charge >= 0.3 is 0 Å². The first-order chi connectivity index (χ1) is 41.0. The predicted octanol–water partition coefficient (Wildman–Crippen LogP) is 15.9. The number of hydrogen-bond acceptors (Lipinski definition) is 13. The van der Waals surface area contributed by atoms with E-state index < -0.39 is 0 Å². The minimum Gasteiger partial charge on any atom is -0.490 e. The van der Waals surface area contributed by atoms with Crippen LogP contribution in [0.5, 0.6) is 23.0 Å². The molecule has 0 unspecified atom stereocenters. The van der Waals surface area contributed by atoms with Crippen molar-refractivity contribution in [1.82, 2.24) is 44.9 Å². The third-order valence-corrected chi connectivity index (χ3v) is 16.3. The summed E-state index contributed by atoms with van der Waals surface area (Å²) in [5.74, 6) is 3.77.